The predicted octanol–water partition coefficient (Wildman–Crippen LogP) is 1.84. The number of rotatable bonds is 4. The molecule has 0 aliphatic carbocycles. The van der Waals surface area contributed by atoms with Gasteiger partial charge in [-0.05, 0) is 24.6 Å². The van der Waals surface area contributed by atoms with E-state index >= 15 is 0 Å². The zero-order chi connectivity index (χ0) is 12.6. The summed E-state index contributed by atoms with van der Waals surface area (Å²) in [5.74, 6) is 7.25. The van der Waals surface area contributed by atoms with E-state index in [9.17, 15) is 0 Å². The molecule has 1 aromatic rings. The number of aliphatic hydroxyl groups excluding tert-OH is 1. The maximum absolute atomic E-state index is 8.67. The van der Waals surface area contributed by atoms with Gasteiger partial charge in [-0.15, -0.1) is 0 Å². The van der Waals surface area contributed by atoms with Gasteiger partial charge in [-0.2, -0.15) is 0 Å². The van der Waals surface area contributed by atoms with Gasteiger partial charge >= 0.3 is 0 Å². The highest BCUT2D eigenvalue weighted by molar-refractivity contribution is 5.39. The van der Waals surface area contributed by atoms with E-state index in [1.165, 1.54) is 0 Å². The Labute approximate surface area is 108 Å². The van der Waals surface area contributed by atoms with E-state index in [-0.39, 0.29) is 6.61 Å². The van der Waals surface area contributed by atoms with Crippen molar-refractivity contribution in [2.24, 2.45) is 5.92 Å². The third kappa shape index (κ3) is 4.06. The molecule has 3 nitrogen and oxygen atoms in total. The van der Waals surface area contributed by atoms with Crippen molar-refractivity contribution in [3.8, 4) is 17.6 Å². The summed E-state index contributed by atoms with van der Waals surface area (Å²) >= 11 is 0. The summed E-state index contributed by atoms with van der Waals surface area (Å²) in [4.78, 5) is 0. The molecule has 0 amide bonds. The quantitative estimate of drug-likeness (QED) is 0.824. The molecule has 96 valence electrons. The van der Waals surface area contributed by atoms with Crippen molar-refractivity contribution in [3.05, 3.63) is 29.8 Å². The molecule has 18 heavy (non-hydrogen) atoms. The fraction of sp³-hybridized carbons (Fsp3) is 0.467. The van der Waals surface area contributed by atoms with Crippen LogP contribution in [0.3, 0.4) is 0 Å². The Kier molecular flexibility index (Phi) is 5.07. The fourth-order valence-corrected chi connectivity index (χ4v) is 1.81. The average molecular weight is 246 g/mol. The molecular formula is C15H18O3. The SMILES string of the molecule is OCCC#Cc1cccc(OCC2CCOC2)c1. The van der Waals surface area contributed by atoms with Crippen LogP contribution in [0.2, 0.25) is 0 Å². The van der Waals surface area contributed by atoms with Crippen LogP contribution < -0.4 is 4.74 Å². The van der Waals surface area contributed by atoms with Gasteiger partial charge in [-0.3, -0.25) is 0 Å². The largest absolute Gasteiger partial charge is 0.493 e. The Morgan fingerprint density at radius 3 is 3.17 bits per heavy atom. The standard InChI is InChI=1S/C15H18O3/c16-8-2-1-4-13-5-3-6-15(10-13)18-12-14-7-9-17-11-14/h3,5-6,10,14,16H,2,7-9,11-12H2. The minimum Gasteiger partial charge on any atom is -0.493 e. The lowest BCUT2D eigenvalue weighted by Crippen LogP contribution is -2.11. The van der Waals surface area contributed by atoms with Crippen LogP contribution in [0.15, 0.2) is 24.3 Å². The van der Waals surface area contributed by atoms with Crippen molar-refractivity contribution in [1.29, 1.82) is 0 Å². The van der Waals surface area contributed by atoms with Gasteiger partial charge in [-0.25, -0.2) is 0 Å². The van der Waals surface area contributed by atoms with Crippen LogP contribution in [0.4, 0.5) is 0 Å². The molecule has 1 atom stereocenters. The molecular weight excluding hydrogens is 228 g/mol. The van der Waals surface area contributed by atoms with Gasteiger partial charge in [0.05, 0.1) is 19.8 Å². The molecule has 1 unspecified atom stereocenters. The van der Waals surface area contributed by atoms with Crippen molar-refractivity contribution in [1.82, 2.24) is 0 Å². The van der Waals surface area contributed by atoms with E-state index < -0.39 is 0 Å². The maximum atomic E-state index is 8.67. The topological polar surface area (TPSA) is 38.7 Å². The summed E-state index contributed by atoms with van der Waals surface area (Å²) < 4.78 is 11.0. The molecule has 1 heterocycles. The zero-order valence-corrected chi connectivity index (χ0v) is 10.4. The molecule has 1 aromatic carbocycles. The molecule has 0 radical (unpaired) electrons. The summed E-state index contributed by atoms with van der Waals surface area (Å²) in [6.07, 6.45) is 1.58. The minimum atomic E-state index is 0.102. The van der Waals surface area contributed by atoms with Gasteiger partial charge < -0.3 is 14.6 Å². The van der Waals surface area contributed by atoms with E-state index in [1.54, 1.807) is 0 Å². The molecule has 1 N–H and O–H groups in total. The van der Waals surface area contributed by atoms with Crippen LogP contribution in [0, 0.1) is 17.8 Å². The summed E-state index contributed by atoms with van der Waals surface area (Å²) in [6, 6.07) is 7.74. The van der Waals surface area contributed by atoms with Crippen LogP contribution in [0.5, 0.6) is 5.75 Å². The molecule has 1 saturated heterocycles. The Bertz CT molecular complexity index is 425. The molecule has 0 spiro atoms. The summed E-state index contributed by atoms with van der Waals surface area (Å²) in [6.45, 7) is 2.45. The maximum Gasteiger partial charge on any atom is 0.120 e. The lowest BCUT2D eigenvalue weighted by atomic mass is 10.1. The first-order valence-corrected chi connectivity index (χ1v) is 6.29. The molecule has 2 rings (SSSR count). The van der Waals surface area contributed by atoms with Gasteiger partial charge in [0.25, 0.3) is 0 Å². The van der Waals surface area contributed by atoms with Crippen LogP contribution >= 0.6 is 0 Å². The van der Waals surface area contributed by atoms with Crippen LogP contribution in [0.1, 0.15) is 18.4 Å². The molecule has 1 aliphatic heterocycles. The Morgan fingerprint density at radius 2 is 2.39 bits per heavy atom. The number of hydrogen-bond donors (Lipinski definition) is 1. The monoisotopic (exact) mass is 246 g/mol. The molecule has 0 bridgehead atoms. The highest BCUT2D eigenvalue weighted by Crippen LogP contribution is 2.17. The van der Waals surface area contributed by atoms with Crippen molar-refractivity contribution in [2.45, 2.75) is 12.8 Å². The minimum absolute atomic E-state index is 0.102. The Hall–Kier alpha value is -1.50. The first-order chi connectivity index (χ1) is 8.88. The predicted molar refractivity (Wildman–Crippen MR) is 69.4 cm³/mol. The third-order valence-corrected chi connectivity index (χ3v) is 2.81. The van der Waals surface area contributed by atoms with Crippen molar-refractivity contribution >= 4 is 0 Å². The molecule has 1 fully saturated rings. The number of benzene rings is 1. The van der Waals surface area contributed by atoms with Crippen molar-refractivity contribution in [3.63, 3.8) is 0 Å². The van der Waals surface area contributed by atoms with Crippen LogP contribution in [-0.4, -0.2) is 31.5 Å². The Balaban J connectivity index is 1.88. The first kappa shape index (κ1) is 12.9. The van der Waals surface area contributed by atoms with E-state index in [0.29, 0.717) is 18.9 Å². The van der Waals surface area contributed by atoms with Gasteiger partial charge in [0, 0.05) is 24.5 Å². The number of ether oxygens (including phenoxy) is 2. The fourth-order valence-electron chi connectivity index (χ4n) is 1.81. The normalized spacial score (nSPS) is 18.2. The second-order valence-electron chi connectivity index (χ2n) is 4.34. The highest BCUT2D eigenvalue weighted by atomic mass is 16.5. The lowest BCUT2D eigenvalue weighted by Gasteiger charge is -2.10. The second kappa shape index (κ2) is 7.05. The van der Waals surface area contributed by atoms with Crippen molar-refractivity contribution in [2.75, 3.05) is 26.4 Å². The van der Waals surface area contributed by atoms with Crippen LogP contribution in [-0.2, 0) is 4.74 Å². The summed E-state index contributed by atoms with van der Waals surface area (Å²) in [7, 11) is 0. The molecule has 3 heteroatoms. The van der Waals surface area contributed by atoms with E-state index in [4.69, 9.17) is 14.6 Å². The lowest BCUT2D eigenvalue weighted by molar-refractivity contribution is 0.167. The van der Waals surface area contributed by atoms with Gasteiger partial charge in [-0.1, -0.05) is 17.9 Å². The molecule has 0 saturated carbocycles. The van der Waals surface area contributed by atoms with E-state index in [0.717, 1.165) is 30.9 Å². The first-order valence-electron chi connectivity index (χ1n) is 6.29. The molecule has 1 aliphatic rings. The van der Waals surface area contributed by atoms with E-state index in [2.05, 4.69) is 11.8 Å². The zero-order valence-electron chi connectivity index (χ0n) is 10.4. The second-order valence-corrected chi connectivity index (χ2v) is 4.34. The smallest absolute Gasteiger partial charge is 0.120 e. The number of hydrogen-bond acceptors (Lipinski definition) is 3. The van der Waals surface area contributed by atoms with Gasteiger partial charge in [0.15, 0.2) is 0 Å². The van der Waals surface area contributed by atoms with Gasteiger partial charge in [0.1, 0.15) is 5.75 Å². The molecule has 0 aromatic heterocycles. The summed E-state index contributed by atoms with van der Waals surface area (Å²) in [5, 5.41) is 8.67. The van der Waals surface area contributed by atoms with Crippen molar-refractivity contribution < 1.29 is 14.6 Å². The third-order valence-electron chi connectivity index (χ3n) is 2.81. The van der Waals surface area contributed by atoms with Crippen LogP contribution in [0.25, 0.3) is 0 Å². The Morgan fingerprint density at radius 1 is 1.44 bits per heavy atom. The van der Waals surface area contributed by atoms with Gasteiger partial charge in [0.2, 0.25) is 0 Å². The average Bonchev–Trinajstić information content (AvgIpc) is 2.90. The highest BCUT2D eigenvalue weighted by Gasteiger charge is 2.15. The van der Waals surface area contributed by atoms with E-state index in [1.807, 2.05) is 24.3 Å². The number of aliphatic hydroxyl groups is 1. The summed E-state index contributed by atoms with van der Waals surface area (Å²) in [5.41, 5.74) is 0.920.